The smallest absolute Gasteiger partial charge is 0.0892 e. The Morgan fingerprint density at radius 2 is 1.31 bits per heavy atom. The summed E-state index contributed by atoms with van der Waals surface area (Å²) in [4.78, 5) is 13.9. The monoisotopic (exact) mass is 628 g/mol. The van der Waals surface area contributed by atoms with Crippen LogP contribution < -0.4 is 5.32 Å². The number of allylic oxidation sites excluding steroid dienone is 6. The van der Waals surface area contributed by atoms with E-state index in [1.807, 2.05) is 48.9 Å². The minimum absolute atomic E-state index is 0.0151. The molecule has 3 aliphatic carbocycles. The van der Waals surface area contributed by atoms with Gasteiger partial charge in [0.1, 0.15) is 0 Å². The first-order chi connectivity index (χ1) is 24.3. The highest BCUT2D eigenvalue weighted by Crippen LogP contribution is 2.65. The third-order valence-electron chi connectivity index (χ3n) is 10.8. The first-order valence-electron chi connectivity index (χ1n) is 17.0. The van der Waals surface area contributed by atoms with Crippen LogP contribution in [0.3, 0.4) is 0 Å². The summed E-state index contributed by atoms with van der Waals surface area (Å²) >= 11 is 0. The lowest BCUT2D eigenvalue weighted by atomic mass is 9.65. The van der Waals surface area contributed by atoms with Gasteiger partial charge >= 0.3 is 0 Å². The zero-order chi connectivity index (χ0) is 32.4. The van der Waals surface area contributed by atoms with Crippen molar-refractivity contribution < 1.29 is 0 Å². The van der Waals surface area contributed by atoms with Gasteiger partial charge in [-0.1, -0.05) is 85.0 Å². The molecule has 1 spiro atoms. The molecule has 4 heteroatoms. The summed E-state index contributed by atoms with van der Waals surface area (Å²) in [5, 5.41) is 3.48. The zero-order valence-corrected chi connectivity index (χ0v) is 26.7. The number of dihydropyridines is 1. The summed E-state index contributed by atoms with van der Waals surface area (Å²) in [5.74, 6) is 0.615. The quantitative estimate of drug-likeness (QED) is 0.211. The Morgan fingerprint density at radius 1 is 0.571 bits per heavy atom. The first-order valence-corrected chi connectivity index (χ1v) is 17.0. The van der Waals surface area contributed by atoms with Gasteiger partial charge < -0.3 is 5.32 Å². The van der Waals surface area contributed by atoms with Crippen LogP contribution in [0.1, 0.15) is 45.5 Å². The van der Waals surface area contributed by atoms with E-state index in [0.717, 1.165) is 22.6 Å². The Bertz CT molecular complexity index is 2390. The van der Waals surface area contributed by atoms with Crippen LogP contribution in [0.5, 0.6) is 0 Å². The van der Waals surface area contributed by atoms with Crippen molar-refractivity contribution in [3.8, 4) is 33.6 Å². The van der Waals surface area contributed by atoms with Crippen LogP contribution in [0.4, 0.5) is 0 Å². The average molecular weight is 629 g/mol. The van der Waals surface area contributed by atoms with E-state index in [2.05, 4.69) is 142 Å². The fourth-order valence-electron chi connectivity index (χ4n) is 8.73. The average Bonchev–Trinajstić information content (AvgIpc) is 3.65. The molecule has 0 fully saturated rings. The van der Waals surface area contributed by atoms with Gasteiger partial charge in [-0.25, -0.2) is 0 Å². The lowest BCUT2D eigenvalue weighted by Gasteiger charge is -2.36. The normalized spacial score (nSPS) is 22.2. The Balaban J connectivity index is 1.17. The highest BCUT2D eigenvalue weighted by Gasteiger charge is 2.57. The lowest BCUT2D eigenvalue weighted by Crippen LogP contribution is -2.32. The fourth-order valence-corrected chi connectivity index (χ4v) is 8.73. The van der Waals surface area contributed by atoms with Gasteiger partial charge in [-0.15, -0.1) is 0 Å². The molecule has 6 aromatic rings. The maximum Gasteiger partial charge on any atom is 0.0892 e. The van der Waals surface area contributed by atoms with E-state index >= 15 is 0 Å². The van der Waals surface area contributed by atoms with Gasteiger partial charge in [-0.2, -0.15) is 0 Å². The van der Waals surface area contributed by atoms with Crippen molar-refractivity contribution in [3.63, 3.8) is 0 Å². The molecule has 0 bridgehead atoms. The van der Waals surface area contributed by atoms with Crippen LogP contribution in [-0.4, -0.2) is 15.0 Å². The summed E-state index contributed by atoms with van der Waals surface area (Å²) in [6, 6.07) is 39.7. The maximum absolute atomic E-state index is 4.66. The van der Waals surface area contributed by atoms with Crippen LogP contribution in [0.15, 0.2) is 170 Å². The molecule has 49 heavy (non-hydrogen) atoms. The standard InChI is InChI=1S/C45H32N4/c1-3-11-37-33(9-1)34-10-2-4-12-38(34)45(37)39-17-15-29(31-19-23-48-43(27-31)41-13-5-7-21-46-41)25-35(39)36-26-30(16-18-40(36)45)32-20-24-49-44(28-32)42-14-6-8-22-47-42/h1-28,33,37,43,48H. The number of pyridine rings is 3. The van der Waals surface area contributed by atoms with Crippen molar-refractivity contribution >= 4 is 5.57 Å². The van der Waals surface area contributed by atoms with Gasteiger partial charge in [0.2, 0.25) is 0 Å². The Labute approximate surface area is 286 Å². The second kappa shape index (κ2) is 11.0. The van der Waals surface area contributed by atoms with Crippen LogP contribution in [0.2, 0.25) is 0 Å². The Kier molecular flexibility index (Phi) is 6.25. The van der Waals surface area contributed by atoms with E-state index < -0.39 is 0 Å². The second-order valence-electron chi connectivity index (χ2n) is 13.2. The van der Waals surface area contributed by atoms with E-state index in [4.69, 9.17) is 0 Å². The summed E-state index contributed by atoms with van der Waals surface area (Å²) in [6.07, 6.45) is 21.4. The zero-order valence-electron chi connectivity index (χ0n) is 26.7. The number of fused-ring (bicyclic) bond motifs is 10. The van der Waals surface area contributed by atoms with Crippen LogP contribution in [0.25, 0.3) is 39.2 Å². The highest BCUT2D eigenvalue weighted by molar-refractivity contribution is 5.91. The van der Waals surface area contributed by atoms with Gasteiger partial charge in [0.15, 0.2) is 0 Å². The highest BCUT2D eigenvalue weighted by atomic mass is 14.9. The first kappa shape index (κ1) is 27.9. The number of hydrogen-bond donors (Lipinski definition) is 1. The Morgan fingerprint density at radius 3 is 2.14 bits per heavy atom. The largest absolute Gasteiger partial charge is 0.379 e. The number of nitrogens with one attached hydrogen (secondary N) is 1. The number of hydrogen-bond acceptors (Lipinski definition) is 4. The molecule has 0 saturated heterocycles. The van der Waals surface area contributed by atoms with Crippen LogP contribution in [-0.2, 0) is 5.41 Å². The van der Waals surface area contributed by atoms with Gasteiger partial charge in [0, 0.05) is 30.4 Å². The predicted molar refractivity (Wildman–Crippen MR) is 196 cm³/mol. The van der Waals surface area contributed by atoms with E-state index in [-0.39, 0.29) is 17.4 Å². The predicted octanol–water partition coefficient (Wildman–Crippen LogP) is 9.60. The van der Waals surface area contributed by atoms with E-state index in [0.29, 0.717) is 5.92 Å². The van der Waals surface area contributed by atoms with Crippen molar-refractivity contribution in [1.29, 1.82) is 0 Å². The fraction of sp³-hybridized carbons (Fsp3) is 0.0889. The van der Waals surface area contributed by atoms with E-state index in [1.54, 1.807) is 0 Å². The van der Waals surface area contributed by atoms with Crippen molar-refractivity contribution in [2.75, 3.05) is 0 Å². The van der Waals surface area contributed by atoms with Crippen LogP contribution >= 0.6 is 0 Å². The van der Waals surface area contributed by atoms with Crippen molar-refractivity contribution in [3.05, 3.63) is 204 Å². The molecule has 1 aliphatic heterocycles. The molecular formula is C45H32N4. The summed E-state index contributed by atoms with van der Waals surface area (Å²) in [6.45, 7) is 0. The molecule has 4 heterocycles. The topological polar surface area (TPSA) is 50.7 Å². The minimum Gasteiger partial charge on any atom is -0.379 e. The van der Waals surface area contributed by atoms with Gasteiger partial charge in [0.05, 0.1) is 28.5 Å². The van der Waals surface area contributed by atoms with Crippen molar-refractivity contribution in [2.45, 2.75) is 17.4 Å². The van der Waals surface area contributed by atoms with Crippen LogP contribution in [0, 0.1) is 5.92 Å². The molecular weight excluding hydrogens is 597 g/mol. The number of rotatable bonds is 4. The van der Waals surface area contributed by atoms with Gasteiger partial charge in [-0.05, 0) is 123 Å². The van der Waals surface area contributed by atoms with E-state index in [1.165, 1.54) is 50.1 Å². The molecule has 232 valence electrons. The van der Waals surface area contributed by atoms with Gasteiger partial charge in [-0.3, -0.25) is 15.0 Å². The number of aromatic nitrogens is 3. The maximum atomic E-state index is 4.66. The van der Waals surface area contributed by atoms with E-state index in [9.17, 15) is 0 Å². The molecule has 0 radical (unpaired) electrons. The molecule has 4 unspecified atom stereocenters. The van der Waals surface area contributed by atoms with Crippen molar-refractivity contribution in [2.24, 2.45) is 5.92 Å². The minimum atomic E-state index is -0.281. The third-order valence-corrected chi connectivity index (χ3v) is 10.8. The molecule has 10 rings (SSSR count). The number of benzene rings is 3. The molecule has 4 atom stereocenters. The third kappa shape index (κ3) is 4.20. The molecule has 3 aromatic carbocycles. The Hall–Kier alpha value is -6.13. The summed E-state index contributed by atoms with van der Waals surface area (Å²) < 4.78 is 0. The molecule has 4 aliphatic rings. The molecule has 1 N–H and O–H groups in total. The molecule has 0 amide bonds. The second-order valence-corrected chi connectivity index (χ2v) is 13.2. The molecule has 0 saturated carbocycles. The number of nitrogens with zero attached hydrogens (tertiary/aromatic N) is 3. The molecule has 3 aromatic heterocycles. The summed E-state index contributed by atoms with van der Waals surface area (Å²) in [5.41, 5.74) is 15.4. The SMILES string of the molecule is C1=CC2c3ccccc3C3(c4ccc(C5=CC(c6ccccn6)NC=C5)cc4-c4cc(-c5ccnc(-c6ccccn6)c5)ccc43)C2C=C1. The summed E-state index contributed by atoms with van der Waals surface area (Å²) in [7, 11) is 0. The molecule has 4 nitrogen and oxygen atoms in total. The van der Waals surface area contributed by atoms with Gasteiger partial charge in [0.25, 0.3) is 0 Å². The van der Waals surface area contributed by atoms with Crippen molar-refractivity contribution in [1.82, 2.24) is 20.3 Å². The lowest BCUT2D eigenvalue weighted by molar-refractivity contribution is 0.465.